The molecule has 0 aromatic heterocycles. The molecule has 0 saturated carbocycles. The normalized spacial score (nSPS) is 12.2. The van der Waals surface area contributed by atoms with E-state index in [4.69, 9.17) is 6.42 Å². The van der Waals surface area contributed by atoms with E-state index in [1.807, 2.05) is 36.4 Å². The summed E-state index contributed by atoms with van der Waals surface area (Å²) in [6, 6.07) is 20.7. The van der Waals surface area contributed by atoms with Crippen LogP contribution in [0, 0.1) is 12.3 Å². The van der Waals surface area contributed by atoms with Crippen molar-refractivity contribution in [2.45, 2.75) is 6.04 Å². The number of rotatable bonds is 5. The highest BCUT2D eigenvalue weighted by Crippen LogP contribution is 2.15. The Hall–Kier alpha value is -2.30. The van der Waals surface area contributed by atoms with Crippen molar-refractivity contribution in [1.82, 2.24) is 5.32 Å². The predicted molar refractivity (Wildman–Crippen MR) is 81.5 cm³/mol. The van der Waals surface area contributed by atoms with Crippen LogP contribution in [0.25, 0.3) is 6.08 Å². The lowest BCUT2D eigenvalue weighted by molar-refractivity contribution is 0.682. The van der Waals surface area contributed by atoms with Crippen LogP contribution in [0.15, 0.2) is 66.7 Å². The fourth-order valence-electron chi connectivity index (χ4n) is 1.90. The van der Waals surface area contributed by atoms with Crippen molar-refractivity contribution in [2.75, 3.05) is 6.54 Å². The summed E-state index contributed by atoms with van der Waals surface area (Å²) in [4.78, 5) is 0. The molecule has 0 aliphatic carbocycles. The molecule has 0 bridgehead atoms. The van der Waals surface area contributed by atoms with Crippen LogP contribution in [0.4, 0.5) is 0 Å². The average molecular weight is 247 g/mol. The van der Waals surface area contributed by atoms with Gasteiger partial charge in [-0.15, -0.1) is 6.42 Å². The highest BCUT2D eigenvalue weighted by atomic mass is 14.9. The first kappa shape index (κ1) is 13.1. The Morgan fingerprint density at radius 2 is 1.63 bits per heavy atom. The van der Waals surface area contributed by atoms with Crippen LogP contribution in [0.1, 0.15) is 17.2 Å². The molecule has 0 radical (unpaired) electrons. The maximum atomic E-state index is 5.33. The zero-order valence-corrected chi connectivity index (χ0v) is 10.8. The Morgan fingerprint density at radius 1 is 1.00 bits per heavy atom. The maximum Gasteiger partial charge on any atom is 0.0580 e. The summed E-state index contributed by atoms with van der Waals surface area (Å²) < 4.78 is 0. The van der Waals surface area contributed by atoms with Gasteiger partial charge in [-0.25, -0.2) is 0 Å². The van der Waals surface area contributed by atoms with Gasteiger partial charge in [0.1, 0.15) is 0 Å². The second-order valence-corrected chi connectivity index (χ2v) is 4.24. The van der Waals surface area contributed by atoms with Crippen molar-refractivity contribution < 1.29 is 0 Å². The maximum absolute atomic E-state index is 5.33. The average Bonchev–Trinajstić information content (AvgIpc) is 2.49. The molecule has 2 aromatic carbocycles. The van der Waals surface area contributed by atoms with Crippen LogP contribution < -0.4 is 5.32 Å². The predicted octanol–water partition coefficient (Wildman–Crippen LogP) is 3.66. The third-order valence-electron chi connectivity index (χ3n) is 2.86. The Labute approximate surface area is 115 Å². The lowest BCUT2D eigenvalue weighted by Crippen LogP contribution is -2.19. The Morgan fingerprint density at radius 3 is 2.26 bits per heavy atom. The van der Waals surface area contributed by atoms with Gasteiger partial charge in [0.25, 0.3) is 0 Å². The van der Waals surface area contributed by atoms with Gasteiger partial charge in [-0.2, -0.15) is 0 Å². The van der Waals surface area contributed by atoms with Crippen molar-refractivity contribution in [1.29, 1.82) is 0 Å². The molecule has 1 atom stereocenters. The van der Waals surface area contributed by atoms with Crippen LogP contribution in [0.3, 0.4) is 0 Å². The Kier molecular flexibility index (Phi) is 4.98. The topological polar surface area (TPSA) is 12.0 Å². The Bertz CT molecular complexity index is 549. The van der Waals surface area contributed by atoms with Crippen molar-refractivity contribution in [2.24, 2.45) is 0 Å². The first-order valence-electron chi connectivity index (χ1n) is 6.35. The monoisotopic (exact) mass is 247 g/mol. The molecule has 94 valence electrons. The fraction of sp³-hybridized carbons (Fsp3) is 0.111. The number of hydrogen-bond acceptors (Lipinski definition) is 1. The first-order valence-corrected chi connectivity index (χ1v) is 6.35. The second-order valence-electron chi connectivity index (χ2n) is 4.24. The third-order valence-corrected chi connectivity index (χ3v) is 2.86. The summed E-state index contributed by atoms with van der Waals surface area (Å²) in [5.41, 5.74) is 2.40. The van der Waals surface area contributed by atoms with Crippen molar-refractivity contribution in [3.8, 4) is 12.3 Å². The molecule has 0 fully saturated rings. The molecule has 0 unspecified atom stereocenters. The molecule has 1 nitrogen and oxygen atoms in total. The fourth-order valence-corrected chi connectivity index (χ4v) is 1.90. The molecule has 1 N–H and O–H groups in total. The van der Waals surface area contributed by atoms with Crippen LogP contribution in [0.5, 0.6) is 0 Å². The number of terminal acetylenes is 1. The minimum Gasteiger partial charge on any atom is -0.296 e. The smallest absolute Gasteiger partial charge is 0.0580 e. The molecular weight excluding hydrogens is 230 g/mol. The number of nitrogens with one attached hydrogen (secondary N) is 1. The van der Waals surface area contributed by atoms with E-state index in [0.717, 1.165) is 0 Å². The zero-order chi connectivity index (χ0) is 13.3. The van der Waals surface area contributed by atoms with Gasteiger partial charge >= 0.3 is 0 Å². The quantitative estimate of drug-likeness (QED) is 0.795. The largest absolute Gasteiger partial charge is 0.296 e. The Balaban J connectivity index is 2.15. The molecule has 19 heavy (non-hydrogen) atoms. The van der Waals surface area contributed by atoms with E-state index in [9.17, 15) is 0 Å². The van der Waals surface area contributed by atoms with E-state index >= 15 is 0 Å². The molecule has 0 amide bonds. The standard InChI is InChI=1S/C18H17N/c1-2-15-19-18(17-11-7-4-8-12-17)14-13-16-9-5-3-6-10-16/h1,3-14,18-19H,15H2/b14-13+/t18-/m0/s1. The van der Waals surface area contributed by atoms with Crippen molar-refractivity contribution >= 4 is 6.08 Å². The second kappa shape index (κ2) is 7.20. The van der Waals surface area contributed by atoms with Crippen molar-refractivity contribution in [3.63, 3.8) is 0 Å². The molecule has 0 heterocycles. The van der Waals surface area contributed by atoms with E-state index < -0.39 is 0 Å². The summed E-state index contributed by atoms with van der Waals surface area (Å²) in [6.45, 7) is 0.554. The van der Waals surface area contributed by atoms with Crippen LogP contribution >= 0.6 is 0 Å². The van der Waals surface area contributed by atoms with E-state index in [1.54, 1.807) is 0 Å². The molecule has 0 aliphatic rings. The van der Waals surface area contributed by atoms with Gasteiger partial charge in [0, 0.05) is 0 Å². The van der Waals surface area contributed by atoms with Crippen molar-refractivity contribution in [3.05, 3.63) is 77.9 Å². The molecular formula is C18H17N. The molecule has 2 aromatic rings. The lowest BCUT2D eigenvalue weighted by Gasteiger charge is -2.13. The van der Waals surface area contributed by atoms with Gasteiger partial charge in [-0.1, -0.05) is 78.7 Å². The summed E-state index contributed by atoms with van der Waals surface area (Å²) >= 11 is 0. The summed E-state index contributed by atoms with van der Waals surface area (Å²) in [5, 5.41) is 3.33. The highest BCUT2D eigenvalue weighted by Gasteiger charge is 2.05. The van der Waals surface area contributed by atoms with Gasteiger partial charge in [0.2, 0.25) is 0 Å². The minimum absolute atomic E-state index is 0.137. The number of hydrogen-bond donors (Lipinski definition) is 1. The van der Waals surface area contributed by atoms with E-state index in [1.165, 1.54) is 11.1 Å². The first-order chi connectivity index (χ1) is 9.40. The van der Waals surface area contributed by atoms with E-state index in [2.05, 4.69) is 47.7 Å². The third kappa shape index (κ3) is 4.13. The van der Waals surface area contributed by atoms with Gasteiger partial charge in [0.05, 0.1) is 12.6 Å². The lowest BCUT2D eigenvalue weighted by atomic mass is 10.1. The van der Waals surface area contributed by atoms with Crippen LogP contribution in [-0.4, -0.2) is 6.54 Å². The summed E-state index contributed by atoms with van der Waals surface area (Å²) in [7, 11) is 0. The van der Waals surface area contributed by atoms with Gasteiger partial charge < -0.3 is 0 Å². The van der Waals surface area contributed by atoms with Gasteiger partial charge in [0.15, 0.2) is 0 Å². The number of benzene rings is 2. The van der Waals surface area contributed by atoms with Crippen LogP contribution in [-0.2, 0) is 0 Å². The molecule has 0 spiro atoms. The molecule has 0 aliphatic heterocycles. The molecule has 1 heteroatoms. The molecule has 2 rings (SSSR count). The summed E-state index contributed by atoms with van der Waals surface area (Å²) in [5.74, 6) is 2.62. The SMILES string of the molecule is C#CCN[C@@H](/C=C/c1ccccc1)c1ccccc1. The zero-order valence-electron chi connectivity index (χ0n) is 10.8. The molecule has 0 saturated heterocycles. The highest BCUT2D eigenvalue weighted by molar-refractivity contribution is 5.50. The van der Waals surface area contributed by atoms with Gasteiger partial charge in [-0.3, -0.25) is 5.32 Å². The summed E-state index contributed by atoms with van der Waals surface area (Å²) in [6.07, 6.45) is 9.58. The van der Waals surface area contributed by atoms with E-state index in [-0.39, 0.29) is 6.04 Å². The minimum atomic E-state index is 0.137. The van der Waals surface area contributed by atoms with Crippen LogP contribution in [0.2, 0.25) is 0 Å². The van der Waals surface area contributed by atoms with Gasteiger partial charge in [-0.05, 0) is 11.1 Å². The van der Waals surface area contributed by atoms with E-state index in [0.29, 0.717) is 6.54 Å².